The van der Waals surface area contributed by atoms with Gasteiger partial charge in [0.1, 0.15) is 0 Å². The maximum absolute atomic E-state index is 12.4. The van der Waals surface area contributed by atoms with Gasteiger partial charge in [0.2, 0.25) is 5.91 Å². The van der Waals surface area contributed by atoms with Gasteiger partial charge in [0.05, 0.1) is 0 Å². The third-order valence-corrected chi connectivity index (χ3v) is 5.07. The molecule has 172 valence electrons. The molecule has 0 atom stereocenters. The van der Waals surface area contributed by atoms with Crippen molar-refractivity contribution in [3.8, 4) is 0 Å². The third kappa shape index (κ3) is 7.26. The molecule has 3 amide bonds. The van der Waals surface area contributed by atoms with Gasteiger partial charge in [-0.25, -0.2) is 0 Å². The highest BCUT2D eigenvalue weighted by Gasteiger charge is 2.10. The van der Waals surface area contributed by atoms with Crippen molar-refractivity contribution in [2.45, 2.75) is 6.92 Å². The molecule has 0 aromatic heterocycles. The van der Waals surface area contributed by atoms with Crippen molar-refractivity contribution < 1.29 is 14.4 Å². The van der Waals surface area contributed by atoms with Crippen LogP contribution in [0.25, 0.3) is 6.08 Å². The molecule has 0 spiro atoms. The molecular formula is C25H21ClN4O3S. The average Bonchev–Trinajstić information content (AvgIpc) is 2.83. The summed E-state index contributed by atoms with van der Waals surface area (Å²) in [7, 11) is 0. The number of rotatable bonds is 5. The first-order valence-electron chi connectivity index (χ1n) is 10.1. The third-order valence-electron chi connectivity index (χ3n) is 4.62. The van der Waals surface area contributed by atoms with Crippen molar-refractivity contribution in [1.29, 1.82) is 0 Å². The Morgan fingerprint density at radius 1 is 0.853 bits per heavy atom. The SMILES string of the molecule is Cc1ccccc1C(=O)Nc1ccc(C(=O)NNC(=S)NC(=O)/C=C/c2ccc(Cl)cc2)cc1. The smallest absolute Gasteiger partial charge is 0.269 e. The number of aryl methyl sites for hydroxylation is 1. The van der Waals surface area contributed by atoms with Gasteiger partial charge in [0.25, 0.3) is 11.8 Å². The largest absolute Gasteiger partial charge is 0.322 e. The number of carbonyl (C=O) groups excluding carboxylic acids is 3. The summed E-state index contributed by atoms with van der Waals surface area (Å²) in [4.78, 5) is 36.7. The van der Waals surface area contributed by atoms with Gasteiger partial charge in [-0.1, -0.05) is 41.9 Å². The van der Waals surface area contributed by atoms with Gasteiger partial charge in [0.15, 0.2) is 5.11 Å². The lowest BCUT2D eigenvalue weighted by molar-refractivity contribution is -0.115. The highest BCUT2D eigenvalue weighted by molar-refractivity contribution is 7.80. The number of amides is 3. The second-order valence-electron chi connectivity index (χ2n) is 7.13. The first-order valence-corrected chi connectivity index (χ1v) is 10.9. The number of halogens is 1. The number of hydrogen-bond donors (Lipinski definition) is 4. The summed E-state index contributed by atoms with van der Waals surface area (Å²) in [6.07, 6.45) is 2.91. The number of thiocarbonyl (C=S) groups is 1. The lowest BCUT2D eigenvalue weighted by Crippen LogP contribution is -2.48. The lowest BCUT2D eigenvalue weighted by Gasteiger charge is -2.11. The minimum absolute atomic E-state index is 0.0683. The minimum Gasteiger partial charge on any atom is -0.322 e. The van der Waals surface area contributed by atoms with Gasteiger partial charge >= 0.3 is 0 Å². The van der Waals surface area contributed by atoms with Gasteiger partial charge in [0, 0.05) is 27.9 Å². The molecule has 0 fully saturated rings. The first kappa shape index (κ1) is 24.6. The quantitative estimate of drug-likeness (QED) is 0.242. The Morgan fingerprint density at radius 2 is 1.53 bits per heavy atom. The molecule has 0 aliphatic heterocycles. The summed E-state index contributed by atoms with van der Waals surface area (Å²) < 4.78 is 0. The maximum atomic E-state index is 12.4. The van der Waals surface area contributed by atoms with Crippen LogP contribution in [0.5, 0.6) is 0 Å². The van der Waals surface area contributed by atoms with Crippen molar-refractivity contribution in [1.82, 2.24) is 16.2 Å². The molecule has 3 aromatic carbocycles. The van der Waals surface area contributed by atoms with E-state index in [1.54, 1.807) is 66.7 Å². The summed E-state index contributed by atoms with van der Waals surface area (Å²) in [5.41, 5.74) is 8.00. The molecule has 7 nitrogen and oxygen atoms in total. The number of benzene rings is 3. The summed E-state index contributed by atoms with van der Waals surface area (Å²) in [6, 6.07) is 20.6. The Kier molecular flexibility index (Phi) is 8.50. The standard InChI is InChI=1S/C25H21ClN4O3S/c1-16-4-2-3-5-21(16)24(33)27-20-13-9-18(10-14-20)23(32)29-30-25(34)28-22(31)15-8-17-6-11-19(26)12-7-17/h2-15H,1H3,(H,27,33)(H,29,32)(H2,28,30,31,34)/b15-8+. The number of anilines is 1. The molecule has 0 radical (unpaired) electrons. The molecule has 0 heterocycles. The lowest BCUT2D eigenvalue weighted by atomic mass is 10.1. The van der Waals surface area contributed by atoms with Crippen LogP contribution in [0, 0.1) is 6.92 Å². The molecular weight excluding hydrogens is 472 g/mol. The van der Waals surface area contributed by atoms with Crippen LogP contribution in [0.2, 0.25) is 5.02 Å². The zero-order valence-electron chi connectivity index (χ0n) is 18.1. The predicted octanol–water partition coefficient (Wildman–Crippen LogP) is 4.25. The number of hydrazine groups is 1. The Balaban J connectivity index is 1.46. The Morgan fingerprint density at radius 3 is 2.21 bits per heavy atom. The number of carbonyl (C=O) groups is 3. The monoisotopic (exact) mass is 492 g/mol. The van der Waals surface area contributed by atoms with Crippen molar-refractivity contribution in [2.75, 3.05) is 5.32 Å². The Hall–Kier alpha value is -4.01. The van der Waals surface area contributed by atoms with Crippen LogP contribution in [0.4, 0.5) is 5.69 Å². The Labute approximate surface area is 207 Å². The number of nitrogens with one attached hydrogen (secondary N) is 4. The molecule has 3 aromatic rings. The van der Waals surface area contributed by atoms with Crippen LogP contribution in [0.3, 0.4) is 0 Å². The summed E-state index contributed by atoms with van der Waals surface area (Å²) in [5.74, 6) is -1.16. The fourth-order valence-electron chi connectivity index (χ4n) is 2.85. The fourth-order valence-corrected chi connectivity index (χ4v) is 3.12. The molecule has 4 N–H and O–H groups in total. The van der Waals surface area contributed by atoms with Crippen LogP contribution in [0.1, 0.15) is 31.8 Å². The average molecular weight is 493 g/mol. The topological polar surface area (TPSA) is 99.3 Å². The highest BCUT2D eigenvalue weighted by atomic mass is 35.5. The van der Waals surface area contributed by atoms with E-state index in [-0.39, 0.29) is 11.0 Å². The second-order valence-corrected chi connectivity index (χ2v) is 7.97. The second kappa shape index (κ2) is 11.7. The predicted molar refractivity (Wildman–Crippen MR) is 137 cm³/mol. The van der Waals surface area contributed by atoms with Gasteiger partial charge in [-0.05, 0) is 78.8 Å². The minimum atomic E-state index is -0.468. The summed E-state index contributed by atoms with van der Waals surface area (Å²) >= 11 is 10.8. The molecule has 0 saturated carbocycles. The fraction of sp³-hybridized carbons (Fsp3) is 0.0400. The molecule has 9 heteroatoms. The molecule has 0 unspecified atom stereocenters. The van der Waals surface area contributed by atoms with E-state index in [0.29, 0.717) is 21.8 Å². The van der Waals surface area contributed by atoms with E-state index in [1.165, 1.54) is 6.08 Å². The zero-order valence-corrected chi connectivity index (χ0v) is 19.7. The molecule has 0 saturated heterocycles. The van der Waals surface area contributed by atoms with E-state index in [2.05, 4.69) is 21.5 Å². The van der Waals surface area contributed by atoms with Crippen molar-refractivity contribution in [2.24, 2.45) is 0 Å². The van der Waals surface area contributed by atoms with E-state index >= 15 is 0 Å². The Bertz CT molecular complexity index is 1240. The molecule has 0 aliphatic rings. The van der Waals surface area contributed by atoms with Crippen molar-refractivity contribution >= 4 is 58.4 Å². The van der Waals surface area contributed by atoms with Crippen LogP contribution in [-0.2, 0) is 4.79 Å². The van der Waals surface area contributed by atoms with Gasteiger partial charge < -0.3 is 5.32 Å². The molecule has 3 rings (SSSR count). The van der Waals surface area contributed by atoms with Crippen molar-refractivity contribution in [3.05, 3.63) is 106 Å². The van der Waals surface area contributed by atoms with E-state index in [0.717, 1.165) is 11.1 Å². The van der Waals surface area contributed by atoms with Gasteiger partial charge in [-0.2, -0.15) is 0 Å². The van der Waals surface area contributed by atoms with Crippen LogP contribution in [0.15, 0.2) is 78.9 Å². The maximum Gasteiger partial charge on any atom is 0.269 e. The molecule has 0 bridgehead atoms. The molecule has 0 aliphatic carbocycles. The highest BCUT2D eigenvalue weighted by Crippen LogP contribution is 2.14. The van der Waals surface area contributed by atoms with Gasteiger partial charge in [-0.15, -0.1) is 0 Å². The summed E-state index contributed by atoms with van der Waals surface area (Å²) in [5, 5.41) is 5.75. The van der Waals surface area contributed by atoms with E-state index in [9.17, 15) is 14.4 Å². The normalized spacial score (nSPS) is 10.4. The van der Waals surface area contributed by atoms with Crippen LogP contribution in [-0.4, -0.2) is 22.8 Å². The van der Waals surface area contributed by atoms with E-state index in [4.69, 9.17) is 23.8 Å². The summed E-state index contributed by atoms with van der Waals surface area (Å²) in [6.45, 7) is 1.86. The van der Waals surface area contributed by atoms with E-state index < -0.39 is 11.8 Å². The first-order chi connectivity index (χ1) is 16.3. The molecule has 34 heavy (non-hydrogen) atoms. The van der Waals surface area contributed by atoms with E-state index in [1.807, 2.05) is 19.1 Å². The number of hydrogen-bond acceptors (Lipinski definition) is 4. The van der Waals surface area contributed by atoms with Crippen LogP contribution < -0.4 is 21.5 Å². The zero-order chi connectivity index (χ0) is 24.5. The van der Waals surface area contributed by atoms with Crippen molar-refractivity contribution in [3.63, 3.8) is 0 Å². The van der Waals surface area contributed by atoms with Crippen LogP contribution >= 0.6 is 23.8 Å². The van der Waals surface area contributed by atoms with Gasteiger partial charge in [-0.3, -0.25) is 30.6 Å².